The van der Waals surface area contributed by atoms with E-state index in [-0.39, 0.29) is 18.6 Å². The Morgan fingerprint density at radius 1 is 1.41 bits per heavy atom. The van der Waals surface area contributed by atoms with Gasteiger partial charge in [0.05, 0.1) is 6.20 Å². The number of nitrogens with zero attached hydrogens (tertiary/aromatic N) is 1. The number of carbonyl (C=O) groups is 1. The number of hydrogen-bond donors (Lipinski definition) is 3. The second-order valence-corrected chi connectivity index (χ2v) is 7.02. The average Bonchev–Trinajstić information content (AvgIpc) is 3.22. The largest absolute Gasteiger partial charge is 0.396 e. The van der Waals surface area contributed by atoms with Crippen LogP contribution in [0.2, 0.25) is 0 Å². The molecule has 1 unspecified atom stereocenters. The third kappa shape index (κ3) is 4.18. The molecule has 2 heterocycles. The van der Waals surface area contributed by atoms with Crippen LogP contribution in [-0.2, 0) is 4.74 Å². The Morgan fingerprint density at radius 3 is 2.86 bits per heavy atom. The van der Waals surface area contributed by atoms with Crippen LogP contribution in [0.5, 0.6) is 0 Å². The van der Waals surface area contributed by atoms with Crippen molar-refractivity contribution >= 4 is 22.4 Å². The van der Waals surface area contributed by atoms with Crippen LogP contribution in [0.1, 0.15) is 41.8 Å². The lowest BCUT2D eigenvalue weighted by atomic mass is 9.90. The van der Waals surface area contributed by atoms with Crippen molar-refractivity contribution in [1.82, 2.24) is 10.3 Å². The summed E-state index contributed by atoms with van der Waals surface area (Å²) in [5.74, 6) is 0.285. The standard InChI is InChI=1S/C15H23N3O3S/c19-6-3-12(10-4-7-21-8-5-10)18-14(20)13-9-16-15(22-13)17-11-1-2-11/h9-12,19H,1-8H2,(H,16,17)(H,18,20). The van der Waals surface area contributed by atoms with Gasteiger partial charge in [0, 0.05) is 31.9 Å². The van der Waals surface area contributed by atoms with Gasteiger partial charge >= 0.3 is 0 Å². The molecule has 22 heavy (non-hydrogen) atoms. The summed E-state index contributed by atoms with van der Waals surface area (Å²) in [5.41, 5.74) is 0. The highest BCUT2D eigenvalue weighted by Crippen LogP contribution is 2.28. The smallest absolute Gasteiger partial charge is 0.263 e. The highest BCUT2D eigenvalue weighted by Gasteiger charge is 2.27. The molecule has 1 aliphatic heterocycles. The minimum atomic E-state index is -0.0914. The van der Waals surface area contributed by atoms with E-state index >= 15 is 0 Å². The van der Waals surface area contributed by atoms with Crippen LogP contribution < -0.4 is 10.6 Å². The fraction of sp³-hybridized carbons (Fsp3) is 0.733. The van der Waals surface area contributed by atoms with Crippen molar-refractivity contribution in [2.45, 2.75) is 44.2 Å². The molecule has 1 aromatic heterocycles. The van der Waals surface area contributed by atoms with Gasteiger partial charge in [-0.15, -0.1) is 0 Å². The quantitative estimate of drug-likeness (QED) is 0.709. The zero-order valence-electron chi connectivity index (χ0n) is 12.6. The minimum absolute atomic E-state index is 0.00309. The molecule has 3 rings (SSSR count). The molecule has 0 radical (unpaired) electrons. The summed E-state index contributed by atoms with van der Waals surface area (Å²) in [6.45, 7) is 1.55. The van der Waals surface area contributed by atoms with Gasteiger partial charge in [-0.25, -0.2) is 4.98 Å². The van der Waals surface area contributed by atoms with Gasteiger partial charge in [0.1, 0.15) is 4.88 Å². The number of hydrogen-bond acceptors (Lipinski definition) is 6. The van der Waals surface area contributed by atoms with E-state index in [9.17, 15) is 9.90 Å². The first-order valence-corrected chi connectivity index (χ1v) is 8.79. The van der Waals surface area contributed by atoms with Gasteiger partial charge in [0.15, 0.2) is 5.13 Å². The number of anilines is 1. The van der Waals surface area contributed by atoms with Crippen LogP contribution in [-0.4, -0.2) is 47.9 Å². The second kappa shape index (κ2) is 7.39. The summed E-state index contributed by atoms with van der Waals surface area (Å²) < 4.78 is 5.37. The molecule has 1 aromatic rings. The van der Waals surface area contributed by atoms with E-state index in [1.165, 1.54) is 24.2 Å². The van der Waals surface area contributed by atoms with Gasteiger partial charge in [-0.3, -0.25) is 4.79 Å². The van der Waals surface area contributed by atoms with Gasteiger partial charge in [-0.1, -0.05) is 11.3 Å². The number of ether oxygens (including phenoxy) is 1. The number of nitrogens with one attached hydrogen (secondary N) is 2. The Kier molecular flexibility index (Phi) is 5.28. The molecule has 1 saturated carbocycles. The highest BCUT2D eigenvalue weighted by molar-refractivity contribution is 7.17. The molecule has 0 aromatic carbocycles. The van der Waals surface area contributed by atoms with Crippen LogP contribution in [0.3, 0.4) is 0 Å². The van der Waals surface area contributed by atoms with Crippen molar-refractivity contribution in [3.63, 3.8) is 0 Å². The van der Waals surface area contributed by atoms with Crippen molar-refractivity contribution in [3.05, 3.63) is 11.1 Å². The van der Waals surface area contributed by atoms with E-state index in [4.69, 9.17) is 4.74 Å². The van der Waals surface area contributed by atoms with Gasteiger partial charge in [0.25, 0.3) is 5.91 Å². The molecule has 1 aliphatic carbocycles. The predicted molar refractivity (Wildman–Crippen MR) is 85.3 cm³/mol. The number of rotatable bonds is 7. The van der Waals surface area contributed by atoms with E-state index in [1.807, 2.05) is 0 Å². The molecular weight excluding hydrogens is 302 g/mol. The first-order valence-electron chi connectivity index (χ1n) is 7.98. The Labute approximate surface area is 134 Å². The molecule has 1 saturated heterocycles. The van der Waals surface area contributed by atoms with Crippen LogP contribution in [0.15, 0.2) is 6.20 Å². The predicted octanol–water partition coefficient (Wildman–Crippen LogP) is 1.62. The average molecular weight is 325 g/mol. The topological polar surface area (TPSA) is 83.5 Å². The molecule has 1 amide bonds. The molecule has 3 N–H and O–H groups in total. The van der Waals surface area contributed by atoms with Gasteiger partial charge in [-0.2, -0.15) is 0 Å². The fourth-order valence-electron chi connectivity index (χ4n) is 2.77. The summed E-state index contributed by atoms with van der Waals surface area (Å²) in [7, 11) is 0. The first kappa shape index (κ1) is 15.7. The molecule has 7 heteroatoms. The van der Waals surface area contributed by atoms with Gasteiger partial charge < -0.3 is 20.5 Å². The molecule has 0 spiro atoms. The van der Waals surface area contributed by atoms with E-state index in [2.05, 4.69) is 15.6 Å². The molecular formula is C15H23N3O3S. The van der Waals surface area contributed by atoms with Crippen LogP contribution >= 0.6 is 11.3 Å². The van der Waals surface area contributed by atoms with Gasteiger partial charge in [0.2, 0.25) is 0 Å². The normalized spacial score (nSPS) is 20.6. The molecule has 6 nitrogen and oxygen atoms in total. The third-order valence-corrected chi connectivity index (χ3v) is 5.15. The molecule has 122 valence electrons. The molecule has 2 aliphatic rings. The van der Waals surface area contributed by atoms with Crippen LogP contribution in [0.4, 0.5) is 5.13 Å². The first-order chi connectivity index (χ1) is 10.8. The Bertz CT molecular complexity index is 498. The Balaban J connectivity index is 1.58. The van der Waals surface area contributed by atoms with E-state index in [0.29, 0.717) is 23.3 Å². The summed E-state index contributed by atoms with van der Waals surface area (Å²) in [4.78, 5) is 17.3. The monoisotopic (exact) mass is 325 g/mol. The highest BCUT2D eigenvalue weighted by atomic mass is 32.1. The maximum Gasteiger partial charge on any atom is 0.263 e. The number of thiazole rings is 1. The van der Waals surface area contributed by atoms with Crippen molar-refractivity contribution < 1.29 is 14.6 Å². The number of carbonyl (C=O) groups excluding carboxylic acids is 1. The lowest BCUT2D eigenvalue weighted by Gasteiger charge is -2.30. The lowest BCUT2D eigenvalue weighted by Crippen LogP contribution is -2.42. The van der Waals surface area contributed by atoms with Crippen molar-refractivity contribution in [1.29, 1.82) is 0 Å². The van der Waals surface area contributed by atoms with Crippen molar-refractivity contribution in [3.8, 4) is 0 Å². The lowest BCUT2D eigenvalue weighted by molar-refractivity contribution is 0.0479. The zero-order valence-corrected chi connectivity index (χ0v) is 13.4. The van der Waals surface area contributed by atoms with Gasteiger partial charge in [-0.05, 0) is 38.0 Å². The second-order valence-electron chi connectivity index (χ2n) is 5.99. The zero-order chi connectivity index (χ0) is 15.4. The Morgan fingerprint density at radius 2 is 2.18 bits per heavy atom. The summed E-state index contributed by atoms with van der Waals surface area (Å²) in [6, 6.07) is 0.537. The van der Waals surface area contributed by atoms with Crippen LogP contribution in [0.25, 0.3) is 0 Å². The third-order valence-electron chi connectivity index (χ3n) is 4.23. The molecule has 2 fully saturated rings. The fourth-order valence-corrected chi connectivity index (χ4v) is 3.57. The van der Waals surface area contributed by atoms with E-state index < -0.39 is 0 Å². The summed E-state index contributed by atoms with van der Waals surface area (Å²) >= 11 is 1.39. The number of amides is 1. The number of aromatic nitrogens is 1. The Hall–Kier alpha value is -1.18. The summed E-state index contributed by atoms with van der Waals surface area (Å²) in [6.07, 6.45) is 6.45. The number of aliphatic hydroxyl groups excluding tert-OH is 1. The minimum Gasteiger partial charge on any atom is -0.396 e. The maximum atomic E-state index is 12.4. The summed E-state index contributed by atoms with van der Waals surface area (Å²) in [5, 5.41) is 16.5. The van der Waals surface area contributed by atoms with E-state index in [1.54, 1.807) is 6.20 Å². The van der Waals surface area contributed by atoms with Crippen molar-refractivity contribution in [2.24, 2.45) is 5.92 Å². The van der Waals surface area contributed by atoms with Crippen LogP contribution in [0, 0.1) is 5.92 Å². The molecule has 0 bridgehead atoms. The molecule has 1 atom stereocenters. The van der Waals surface area contributed by atoms with E-state index in [0.717, 1.165) is 31.2 Å². The SMILES string of the molecule is O=C(NC(CCO)C1CCOCC1)c1cnc(NC2CC2)s1. The maximum absolute atomic E-state index is 12.4. The number of aliphatic hydroxyl groups is 1. The van der Waals surface area contributed by atoms with Crippen molar-refractivity contribution in [2.75, 3.05) is 25.1 Å².